The Hall–Kier alpha value is -3.19. The summed E-state index contributed by atoms with van der Waals surface area (Å²) in [4.78, 5) is 20.2. The van der Waals surface area contributed by atoms with Gasteiger partial charge in [-0.05, 0) is 24.3 Å². The van der Waals surface area contributed by atoms with Crippen LogP contribution in [-0.4, -0.2) is 35.3 Å². The van der Waals surface area contributed by atoms with Gasteiger partial charge in [-0.25, -0.2) is 10.4 Å². The first-order valence-electron chi connectivity index (χ1n) is 7.84. The molecule has 0 spiro atoms. The van der Waals surface area contributed by atoms with Gasteiger partial charge in [-0.1, -0.05) is 11.6 Å². The molecule has 1 aromatic carbocycles. The van der Waals surface area contributed by atoms with E-state index in [1.807, 2.05) is 12.1 Å². The Morgan fingerprint density at radius 1 is 1.23 bits per heavy atom. The molecule has 7 nitrogen and oxygen atoms in total. The number of pyridine rings is 2. The largest absolute Gasteiger partial charge is 0.486 e. The highest BCUT2D eigenvalue weighted by molar-refractivity contribution is 6.32. The monoisotopic (exact) mass is 368 g/mol. The first kappa shape index (κ1) is 16.3. The Kier molecular flexibility index (Phi) is 4.37. The molecule has 8 heteroatoms. The summed E-state index contributed by atoms with van der Waals surface area (Å²) in [7, 11) is 0. The lowest BCUT2D eigenvalue weighted by Crippen LogP contribution is -2.17. The lowest BCUT2D eigenvalue weighted by Gasteiger charge is -2.18. The second kappa shape index (κ2) is 6.97. The Balaban J connectivity index is 1.58. The van der Waals surface area contributed by atoms with Crippen molar-refractivity contribution in [2.45, 2.75) is 0 Å². The standard InChI is InChI=1S/C18H13ClN4O3/c19-17-13(10-21-23-18(24)11-2-1-3-20-9-11)6-12-7-15-16(8-14(12)22-17)26-5-4-25-15/h1-3,6-10H,4-5H2,(H,23,24)/b21-10-. The fraction of sp³-hybridized carbons (Fsp3) is 0.111. The summed E-state index contributed by atoms with van der Waals surface area (Å²) in [5.74, 6) is 0.956. The van der Waals surface area contributed by atoms with Crippen LogP contribution in [0.15, 0.2) is 47.8 Å². The van der Waals surface area contributed by atoms with Gasteiger partial charge in [0.2, 0.25) is 0 Å². The van der Waals surface area contributed by atoms with Crippen LogP contribution < -0.4 is 14.9 Å². The highest BCUT2D eigenvalue weighted by Crippen LogP contribution is 2.34. The number of benzene rings is 1. The fourth-order valence-corrected chi connectivity index (χ4v) is 2.71. The molecule has 0 unspecified atom stereocenters. The first-order valence-corrected chi connectivity index (χ1v) is 8.22. The molecule has 0 radical (unpaired) electrons. The molecule has 26 heavy (non-hydrogen) atoms. The van der Waals surface area contributed by atoms with Gasteiger partial charge in [0.25, 0.3) is 5.91 Å². The van der Waals surface area contributed by atoms with Crippen molar-refractivity contribution >= 4 is 34.6 Å². The van der Waals surface area contributed by atoms with Crippen LogP contribution in [0.25, 0.3) is 10.9 Å². The Bertz CT molecular complexity index is 1010. The van der Waals surface area contributed by atoms with Crippen LogP contribution in [0.5, 0.6) is 11.5 Å². The summed E-state index contributed by atoms with van der Waals surface area (Å²) in [6.07, 6.45) is 4.49. The van der Waals surface area contributed by atoms with Crippen molar-refractivity contribution in [1.29, 1.82) is 0 Å². The van der Waals surface area contributed by atoms with E-state index < -0.39 is 0 Å². The Morgan fingerprint density at radius 2 is 2.04 bits per heavy atom. The summed E-state index contributed by atoms with van der Waals surface area (Å²) in [5.41, 5.74) is 4.11. The molecule has 0 bridgehead atoms. The number of ether oxygens (including phenoxy) is 2. The van der Waals surface area contributed by atoms with Crippen LogP contribution in [0, 0.1) is 0 Å². The predicted octanol–water partition coefficient (Wildman–Crippen LogP) is 2.82. The van der Waals surface area contributed by atoms with Crippen LogP contribution in [0.1, 0.15) is 15.9 Å². The molecule has 2 aromatic heterocycles. The van der Waals surface area contributed by atoms with Gasteiger partial charge in [-0.15, -0.1) is 0 Å². The molecule has 0 saturated carbocycles. The third-order valence-corrected chi connectivity index (χ3v) is 4.06. The number of halogens is 1. The molecular formula is C18H13ClN4O3. The van der Waals surface area contributed by atoms with Gasteiger partial charge >= 0.3 is 0 Å². The van der Waals surface area contributed by atoms with E-state index in [4.69, 9.17) is 21.1 Å². The second-order valence-corrected chi connectivity index (χ2v) is 5.86. The van der Waals surface area contributed by atoms with Gasteiger partial charge in [0.15, 0.2) is 11.5 Å². The van der Waals surface area contributed by atoms with Crippen molar-refractivity contribution in [1.82, 2.24) is 15.4 Å². The molecule has 1 aliphatic heterocycles. The number of hydrazone groups is 1. The number of hydrogen-bond acceptors (Lipinski definition) is 6. The maximum absolute atomic E-state index is 11.9. The minimum absolute atomic E-state index is 0.272. The van der Waals surface area contributed by atoms with E-state index in [1.165, 1.54) is 12.4 Å². The van der Waals surface area contributed by atoms with Gasteiger partial charge in [0, 0.05) is 29.4 Å². The van der Waals surface area contributed by atoms with Gasteiger partial charge in [-0.2, -0.15) is 5.10 Å². The first-order chi connectivity index (χ1) is 12.7. The zero-order valence-corrected chi connectivity index (χ0v) is 14.2. The van der Waals surface area contributed by atoms with Crippen LogP contribution in [0.3, 0.4) is 0 Å². The summed E-state index contributed by atoms with van der Waals surface area (Å²) < 4.78 is 11.1. The maximum atomic E-state index is 11.9. The van der Waals surface area contributed by atoms with Crippen LogP contribution in [-0.2, 0) is 0 Å². The average Bonchev–Trinajstić information content (AvgIpc) is 2.67. The Labute approximate surface area is 153 Å². The van der Waals surface area contributed by atoms with Crippen LogP contribution >= 0.6 is 11.6 Å². The van der Waals surface area contributed by atoms with Crippen molar-refractivity contribution in [2.24, 2.45) is 5.10 Å². The summed E-state index contributed by atoms with van der Waals surface area (Å²) >= 11 is 6.22. The van der Waals surface area contributed by atoms with Crippen molar-refractivity contribution in [2.75, 3.05) is 13.2 Å². The van der Waals surface area contributed by atoms with Crippen LogP contribution in [0.2, 0.25) is 5.15 Å². The van der Waals surface area contributed by atoms with Crippen molar-refractivity contribution < 1.29 is 14.3 Å². The maximum Gasteiger partial charge on any atom is 0.272 e. The van der Waals surface area contributed by atoms with Gasteiger partial charge < -0.3 is 9.47 Å². The van der Waals surface area contributed by atoms with E-state index in [0.29, 0.717) is 41.4 Å². The predicted molar refractivity (Wildman–Crippen MR) is 97.0 cm³/mol. The van der Waals surface area contributed by atoms with Gasteiger partial charge in [-0.3, -0.25) is 9.78 Å². The number of hydrogen-bond donors (Lipinski definition) is 1. The minimum Gasteiger partial charge on any atom is -0.486 e. The quantitative estimate of drug-likeness (QED) is 0.436. The molecule has 0 saturated heterocycles. The number of carbonyl (C=O) groups excluding carboxylic acids is 1. The van der Waals surface area contributed by atoms with E-state index in [2.05, 4.69) is 20.5 Å². The average molecular weight is 369 g/mol. The lowest BCUT2D eigenvalue weighted by molar-refractivity contribution is 0.0955. The third kappa shape index (κ3) is 3.29. The lowest BCUT2D eigenvalue weighted by atomic mass is 10.1. The van der Waals surface area contributed by atoms with Crippen molar-refractivity contribution in [3.8, 4) is 11.5 Å². The topological polar surface area (TPSA) is 85.7 Å². The van der Waals surface area contributed by atoms with E-state index in [-0.39, 0.29) is 11.1 Å². The Morgan fingerprint density at radius 3 is 2.81 bits per heavy atom. The number of rotatable bonds is 3. The van der Waals surface area contributed by atoms with Crippen LogP contribution in [0.4, 0.5) is 0 Å². The molecule has 3 aromatic rings. The van der Waals surface area contributed by atoms with E-state index in [1.54, 1.807) is 24.4 Å². The summed E-state index contributed by atoms with van der Waals surface area (Å²) in [6.45, 7) is 1.02. The molecule has 1 aliphatic rings. The normalized spacial score (nSPS) is 13.1. The fourth-order valence-electron chi connectivity index (χ4n) is 2.52. The van der Waals surface area contributed by atoms with Gasteiger partial charge in [0.1, 0.15) is 18.4 Å². The molecule has 1 amide bonds. The zero-order chi connectivity index (χ0) is 17.9. The van der Waals surface area contributed by atoms with E-state index in [0.717, 1.165) is 5.39 Å². The summed E-state index contributed by atoms with van der Waals surface area (Å²) in [6, 6.07) is 8.78. The number of nitrogens with zero attached hydrogens (tertiary/aromatic N) is 3. The molecular weight excluding hydrogens is 356 g/mol. The second-order valence-electron chi connectivity index (χ2n) is 5.50. The molecule has 0 atom stereocenters. The molecule has 4 rings (SSSR count). The zero-order valence-electron chi connectivity index (χ0n) is 13.5. The number of aromatic nitrogens is 2. The number of carbonyl (C=O) groups is 1. The third-order valence-electron chi connectivity index (χ3n) is 3.75. The van der Waals surface area contributed by atoms with Gasteiger partial charge in [0.05, 0.1) is 17.3 Å². The van der Waals surface area contributed by atoms with E-state index >= 15 is 0 Å². The highest BCUT2D eigenvalue weighted by atomic mass is 35.5. The molecule has 3 heterocycles. The highest BCUT2D eigenvalue weighted by Gasteiger charge is 2.14. The van der Waals surface area contributed by atoms with E-state index in [9.17, 15) is 4.79 Å². The SMILES string of the molecule is O=C(N/N=C\c1cc2cc3c(cc2nc1Cl)OCCO3)c1cccnc1. The van der Waals surface area contributed by atoms with Crippen molar-refractivity contribution in [3.05, 3.63) is 59.0 Å². The number of amides is 1. The summed E-state index contributed by atoms with van der Waals surface area (Å²) in [5, 5.41) is 5.04. The number of nitrogens with one attached hydrogen (secondary N) is 1. The smallest absolute Gasteiger partial charge is 0.272 e. The van der Waals surface area contributed by atoms with Crippen molar-refractivity contribution in [3.63, 3.8) is 0 Å². The molecule has 0 aliphatic carbocycles. The molecule has 1 N–H and O–H groups in total. The number of fused-ring (bicyclic) bond motifs is 2. The molecule has 130 valence electrons. The minimum atomic E-state index is -0.362. The molecule has 0 fully saturated rings.